The molecule has 0 fully saturated rings. The van der Waals surface area contributed by atoms with Gasteiger partial charge in [-0.05, 0) is 30.3 Å². The summed E-state index contributed by atoms with van der Waals surface area (Å²) in [5, 5.41) is 14.3. The van der Waals surface area contributed by atoms with Crippen molar-refractivity contribution in [3.8, 4) is 6.07 Å². The van der Waals surface area contributed by atoms with Crippen molar-refractivity contribution in [3.63, 3.8) is 0 Å². The molecule has 0 spiro atoms. The molecule has 0 saturated carbocycles. The summed E-state index contributed by atoms with van der Waals surface area (Å²) in [6.45, 7) is 2.36. The number of nitrogens with two attached hydrogens (primary N) is 1. The van der Waals surface area contributed by atoms with Crippen molar-refractivity contribution in [1.29, 1.82) is 5.26 Å². The first-order valence-corrected chi connectivity index (χ1v) is 8.79. The highest BCUT2D eigenvalue weighted by molar-refractivity contribution is 9.10. The zero-order valence-electron chi connectivity index (χ0n) is 13.2. The Morgan fingerprint density at radius 3 is 2.67 bits per heavy atom. The van der Waals surface area contributed by atoms with Gasteiger partial charge in [0.25, 0.3) is 5.91 Å². The van der Waals surface area contributed by atoms with Crippen LogP contribution in [0, 0.1) is 11.3 Å². The minimum absolute atomic E-state index is 0.163. The van der Waals surface area contributed by atoms with E-state index >= 15 is 0 Å². The lowest BCUT2D eigenvalue weighted by atomic mass is 10.0. The Hall–Kier alpha value is -1.87. The van der Waals surface area contributed by atoms with Gasteiger partial charge >= 0.3 is 0 Å². The SMILES string of the molecule is CC[C@@H]([NH2+]CC(=O)Nc1cc(Cl)ccc1C#N)c1ccc(Br)cc1. The molecule has 24 heavy (non-hydrogen) atoms. The Bertz CT molecular complexity index is 756. The van der Waals surface area contributed by atoms with Crippen LogP contribution in [0.5, 0.6) is 0 Å². The van der Waals surface area contributed by atoms with E-state index in [1.165, 1.54) is 5.56 Å². The lowest BCUT2D eigenvalue weighted by Crippen LogP contribution is -2.87. The molecule has 4 nitrogen and oxygen atoms in total. The van der Waals surface area contributed by atoms with Crippen LogP contribution in [0.3, 0.4) is 0 Å². The highest BCUT2D eigenvalue weighted by Crippen LogP contribution is 2.20. The Morgan fingerprint density at radius 1 is 1.33 bits per heavy atom. The summed E-state index contributed by atoms with van der Waals surface area (Å²) in [5.41, 5.74) is 2.02. The molecular formula is C18H18BrClN3O+. The van der Waals surface area contributed by atoms with Gasteiger partial charge in [0.2, 0.25) is 0 Å². The third-order valence-electron chi connectivity index (χ3n) is 3.70. The second kappa shape index (κ2) is 8.84. The number of hydrogen-bond acceptors (Lipinski definition) is 2. The molecule has 1 atom stereocenters. The van der Waals surface area contributed by atoms with Crippen LogP contribution >= 0.6 is 27.5 Å². The Kier molecular flexibility index (Phi) is 6.80. The summed E-state index contributed by atoms with van der Waals surface area (Å²) in [7, 11) is 0. The van der Waals surface area contributed by atoms with Gasteiger partial charge in [0.15, 0.2) is 6.54 Å². The summed E-state index contributed by atoms with van der Waals surface area (Å²) in [6.07, 6.45) is 0.912. The molecule has 0 aromatic heterocycles. The predicted octanol–water partition coefficient (Wildman–Crippen LogP) is 3.63. The highest BCUT2D eigenvalue weighted by atomic mass is 79.9. The first kappa shape index (κ1) is 18.5. The third kappa shape index (κ3) is 5.07. The van der Waals surface area contributed by atoms with Crippen LogP contribution in [0.1, 0.15) is 30.5 Å². The molecule has 3 N–H and O–H groups in total. The van der Waals surface area contributed by atoms with Crippen molar-refractivity contribution in [3.05, 3.63) is 63.1 Å². The van der Waals surface area contributed by atoms with Crippen molar-refractivity contribution in [2.75, 3.05) is 11.9 Å². The maximum Gasteiger partial charge on any atom is 0.279 e. The van der Waals surface area contributed by atoms with Crippen molar-refractivity contribution in [1.82, 2.24) is 0 Å². The number of halogens is 2. The van der Waals surface area contributed by atoms with Gasteiger partial charge in [0.05, 0.1) is 11.3 Å². The molecular weight excluding hydrogens is 390 g/mol. The number of quaternary nitrogens is 1. The molecule has 2 aromatic carbocycles. The van der Waals surface area contributed by atoms with Gasteiger partial charge < -0.3 is 10.6 Å². The average molecular weight is 408 g/mol. The lowest BCUT2D eigenvalue weighted by Gasteiger charge is -2.14. The molecule has 0 radical (unpaired) electrons. The number of carbonyl (C=O) groups excluding carboxylic acids is 1. The number of rotatable bonds is 6. The normalized spacial score (nSPS) is 11.6. The van der Waals surface area contributed by atoms with E-state index in [1.807, 2.05) is 23.5 Å². The maximum atomic E-state index is 12.2. The molecule has 0 aliphatic rings. The summed E-state index contributed by atoms with van der Waals surface area (Å²) in [4.78, 5) is 12.2. The molecule has 1 amide bonds. The van der Waals surface area contributed by atoms with Gasteiger partial charge in [-0.2, -0.15) is 5.26 Å². The minimum atomic E-state index is -0.163. The topological polar surface area (TPSA) is 69.5 Å². The number of carbonyl (C=O) groups is 1. The third-order valence-corrected chi connectivity index (χ3v) is 4.47. The fourth-order valence-electron chi connectivity index (χ4n) is 2.42. The van der Waals surface area contributed by atoms with E-state index in [1.54, 1.807) is 18.2 Å². The van der Waals surface area contributed by atoms with E-state index in [0.717, 1.165) is 10.9 Å². The summed E-state index contributed by atoms with van der Waals surface area (Å²) >= 11 is 9.35. The maximum absolute atomic E-state index is 12.2. The van der Waals surface area contributed by atoms with Gasteiger partial charge in [-0.15, -0.1) is 0 Å². The van der Waals surface area contributed by atoms with E-state index < -0.39 is 0 Å². The van der Waals surface area contributed by atoms with E-state index in [2.05, 4.69) is 40.3 Å². The van der Waals surface area contributed by atoms with Crippen molar-refractivity contribution >= 4 is 39.1 Å². The first-order chi connectivity index (χ1) is 11.5. The zero-order valence-corrected chi connectivity index (χ0v) is 15.6. The Labute approximate surface area is 155 Å². The van der Waals surface area contributed by atoms with E-state index in [4.69, 9.17) is 16.9 Å². The van der Waals surface area contributed by atoms with Crippen LogP contribution in [0.4, 0.5) is 5.69 Å². The van der Waals surface area contributed by atoms with Crippen molar-refractivity contribution < 1.29 is 10.1 Å². The number of nitrogens with one attached hydrogen (secondary N) is 1. The van der Waals surface area contributed by atoms with Crippen LogP contribution in [0.15, 0.2) is 46.9 Å². The van der Waals surface area contributed by atoms with Crippen molar-refractivity contribution in [2.24, 2.45) is 0 Å². The molecule has 0 aliphatic heterocycles. The lowest BCUT2D eigenvalue weighted by molar-refractivity contribution is -0.686. The van der Waals surface area contributed by atoms with Crippen LogP contribution in [0.25, 0.3) is 0 Å². The summed E-state index contributed by atoms with van der Waals surface area (Å²) in [5.74, 6) is -0.163. The van der Waals surface area contributed by atoms with Gasteiger partial charge in [0.1, 0.15) is 12.1 Å². The van der Waals surface area contributed by atoms with E-state index in [0.29, 0.717) is 16.3 Å². The Balaban J connectivity index is 1.98. The molecule has 0 saturated heterocycles. The molecule has 0 aliphatic carbocycles. The van der Waals surface area contributed by atoms with Crippen LogP contribution in [-0.2, 0) is 4.79 Å². The standard InChI is InChI=1S/C18H17BrClN3O/c1-2-16(12-3-6-14(19)7-4-12)22-11-18(24)23-17-9-15(20)8-5-13(17)10-21/h3-9,16,22H,2,11H2,1H3,(H,23,24)/p+1/t16-/m1/s1. The number of amides is 1. The molecule has 2 aromatic rings. The summed E-state index contributed by atoms with van der Waals surface area (Å²) < 4.78 is 1.03. The minimum Gasteiger partial charge on any atom is -0.332 e. The smallest absolute Gasteiger partial charge is 0.279 e. The molecule has 0 heterocycles. The first-order valence-electron chi connectivity index (χ1n) is 7.61. The van der Waals surface area contributed by atoms with E-state index in [9.17, 15) is 4.79 Å². The number of nitriles is 1. The zero-order chi connectivity index (χ0) is 17.5. The second-order valence-corrected chi connectivity index (χ2v) is 6.71. The molecule has 0 bridgehead atoms. The number of benzene rings is 2. The number of nitrogens with zero attached hydrogens (tertiary/aromatic N) is 1. The molecule has 0 unspecified atom stereocenters. The van der Waals surface area contributed by atoms with Gasteiger partial charge in [-0.25, -0.2) is 0 Å². The highest BCUT2D eigenvalue weighted by Gasteiger charge is 2.15. The fourth-order valence-corrected chi connectivity index (χ4v) is 2.85. The molecule has 6 heteroatoms. The van der Waals surface area contributed by atoms with Crippen LogP contribution < -0.4 is 10.6 Å². The average Bonchev–Trinajstić information content (AvgIpc) is 2.57. The monoisotopic (exact) mass is 406 g/mol. The number of anilines is 1. The quantitative estimate of drug-likeness (QED) is 0.768. The molecule has 2 rings (SSSR count). The van der Waals surface area contributed by atoms with Crippen molar-refractivity contribution in [2.45, 2.75) is 19.4 Å². The summed E-state index contributed by atoms with van der Waals surface area (Å²) in [6, 6.07) is 15.2. The second-order valence-electron chi connectivity index (χ2n) is 5.36. The predicted molar refractivity (Wildman–Crippen MR) is 98.8 cm³/mol. The fraction of sp³-hybridized carbons (Fsp3) is 0.222. The van der Waals surface area contributed by atoms with Gasteiger partial charge in [-0.1, -0.05) is 46.6 Å². The Morgan fingerprint density at radius 2 is 2.04 bits per heavy atom. The van der Waals surface area contributed by atoms with Crippen LogP contribution in [0.2, 0.25) is 5.02 Å². The van der Waals surface area contributed by atoms with Gasteiger partial charge in [-0.3, -0.25) is 4.79 Å². The van der Waals surface area contributed by atoms with Crippen LogP contribution in [-0.4, -0.2) is 12.5 Å². The molecule has 124 valence electrons. The largest absolute Gasteiger partial charge is 0.332 e. The van der Waals surface area contributed by atoms with Gasteiger partial charge in [0, 0.05) is 21.5 Å². The number of hydrogen-bond donors (Lipinski definition) is 2. The van der Waals surface area contributed by atoms with E-state index in [-0.39, 0.29) is 18.5 Å².